The number of allylic oxidation sites excluding steroid dienone is 2. The minimum absolute atomic E-state index is 0.0416. The van der Waals surface area contributed by atoms with Crippen molar-refractivity contribution in [3.8, 4) is 34.5 Å². The van der Waals surface area contributed by atoms with E-state index in [1.54, 1.807) is 19.9 Å². The molecule has 0 fully saturated rings. The van der Waals surface area contributed by atoms with Crippen LogP contribution in [0.2, 0.25) is 0 Å². The molecule has 11 heteroatoms. The van der Waals surface area contributed by atoms with Crippen molar-refractivity contribution in [1.29, 1.82) is 0 Å². The molecule has 0 aliphatic heterocycles. The zero-order chi connectivity index (χ0) is 39.6. The average molecular weight is 747 g/mol. The van der Waals surface area contributed by atoms with Crippen LogP contribution in [0.15, 0.2) is 74.1 Å². The number of H-pyrrole nitrogens is 1. The normalized spacial score (nSPS) is 19.0. The van der Waals surface area contributed by atoms with Crippen LogP contribution >= 0.6 is 0 Å². The van der Waals surface area contributed by atoms with Crippen LogP contribution in [-0.4, -0.2) is 35.6 Å². The highest BCUT2D eigenvalue weighted by molar-refractivity contribution is 6.51. The van der Waals surface area contributed by atoms with Gasteiger partial charge in [-0.2, -0.15) is 0 Å². The number of phenolic OH excluding ortho intramolecular Hbond substituents is 6. The molecule has 1 heterocycles. The van der Waals surface area contributed by atoms with Crippen LogP contribution in [0.5, 0.6) is 34.5 Å². The van der Waals surface area contributed by atoms with Gasteiger partial charge in [0.2, 0.25) is 5.56 Å². The molecule has 0 saturated heterocycles. The number of pyridine rings is 1. The van der Waals surface area contributed by atoms with Crippen LogP contribution in [-0.2, 0) is 12.0 Å². The smallest absolute Gasteiger partial charge is 0.248 e. The Morgan fingerprint density at radius 2 is 1.07 bits per heavy atom. The largest absolute Gasteiger partial charge is 0.507 e. The SMILES string of the molecule is C/C=C1\[C@H]2C=C(C)C[C@@]1(N)c1ccc(=O)[nH]c1C2.Cc1cc(=O)c2c(O)c3c(O)cc(O)c4c5c(O)cc(O)c6c(O)c7c(=O)cc(C)c8c1c2c(c34)c(c65)c78. The molecular formula is C45H34N2O9. The number of nitrogens with two attached hydrogens (primary N) is 1. The second-order valence-corrected chi connectivity index (χ2v) is 15.6. The second kappa shape index (κ2) is 10.7. The highest BCUT2D eigenvalue weighted by Crippen LogP contribution is 2.60. The lowest BCUT2D eigenvalue weighted by molar-refractivity contribution is 0.409. The summed E-state index contributed by atoms with van der Waals surface area (Å²) in [4.78, 5) is 41.1. The Bertz CT molecular complexity index is 3330. The highest BCUT2D eigenvalue weighted by atomic mass is 16.3. The molecule has 2 aliphatic carbocycles. The van der Waals surface area contributed by atoms with Gasteiger partial charge in [-0.05, 0) is 91.8 Å². The van der Waals surface area contributed by atoms with E-state index in [2.05, 4.69) is 31.0 Å². The molecule has 9 N–H and O–H groups in total. The predicted octanol–water partition coefficient (Wildman–Crippen LogP) is 7.08. The molecule has 0 unspecified atom stereocenters. The van der Waals surface area contributed by atoms with E-state index in [1.165, 1.54) is 23.3 Å². The third kappa shape index (κ3) is 3.87. The van der Waals surface area contributed by atoms with Gasteiger partial charge >= 0.3 is 0 Å². The summed E-state index contributed by atoms with van der Waals surface area (Å²) in [6.07, 6.45) is 6.11. The second-order valence-electron chi connectivity index (χ2n) is 15.6. The number of phenols is 6. The standard InChI is InChI=1S/C30H16O8.C15H18N2O/c1-7-3-9(31)19-23-15(7)16-8(2)4-10(32)20-24(16)28-26-18(12(34)6-14(36)22(26)30(20)38)17-11(33)5-13(35)21(29(19)37)25(17)27(23)28;1-3-11-10-6-9(2)8-15(11,16)12-4-5-14(18)17-13(12)7-10/h3-6,33-38H,1-2H3;3-6,10H,7-8,16H2,1-2H3,(H,17,18)/b;11-3+/t;10-,15-/m.0/s1. The summed E-state index contributed by atoms with van der Waals surface area (Å²) >= 11 is 0. The van der Waals surface area contributed by atoms with Crippen LogP contribution in [0.4, 0.5) is 0 Å². The van der Waals surface area contributed by atoms with Crippen LogP contribution < -0.4 is 22.2 Å². The molecule has 2 bridgehead atoms. The van der Waals surface area contributed by atoms with Crippen molar-refractivity contribution < 1.29 is 30.6 Å². The topological polar surface area (TPSA) is 214 Å². The molecule has 56 heavy (non-hydrogen) atoms. The number of hydrogen-bond donors (Lipinski definition) is 8. The van der Waals surface area contributed by atoms with Crippen LogP contribution in [0, 0.1) is 19.8 Å². The maximum absolute atomic E-state index is 13.4. The first kappa shape index (κ1) is 33.7. The summed E-state index contributed by atoms with van der Waals surface area (Å²) in [7, 11) is 0. The monoisotopic (exact) mass is 746 g/mol. The molecular weight excluding hydrogens is 712 g/mol. The van der Waals surface area contributed by atoms with Gasteiger partial charge in [-0.15, -0.1) is 0 Å². The van der Waals surface area contributed by atoms with E-state index in [1.807, 2.05) is 6.07 Å². The number of aromatic nitrogens is 1. The maximum Gasteiger partial charge on any atom is 0.248 e. The Morgan fingerprint density at radius 1 is 0.625 bits per heavy atom. The lowest BCUT2D eigenvalue weighted by atomic mass is 9.63. The Morgan fingerprint density at radius 3 is 1.55 bits per heavy atom. The van der Waals surface area contributed by atoms with E-state index in [-0.39, 0.29) is 48.6 Å². The van der Waals surface area contributed by atoms with Crippen molar-refractivity contribution in [2.24, 2.45) is 11.7 Å². The summed E-state index contributed by atoms with van der Waals surface area (Å²) in [5.41, 5.74) is 11.1. The fraction of sp³-hybridized carbons (Fsp3) is 0.178. The zero-order valence-electron chi connectivity index (χ0n) is 30.6. The van der Waals surface area contributed by atoms with E-state index in [9.17, 15) is 45.0 Å². The molecule has 278 valence electrons. The summed E-state index contributed by atoms with van der Waals surface area (Å²) in [5, 5.41) is 69.6. The minimum atomic E-state index is -0.483. The molecule has 0 amide bonds. The van der Waals surface area contributed by atoms with Gasteiger partial charge in [0.25, 0.3) is 0 Å². The molecule has 11 nitrogen and oxygen atoms in total. The fourth-order valence-corrected chi connectivity index (χ4v) is 10.6. The Hall–Kier alpha value is -6.85. The van der Waals surface area contributed by atoms with E-state index < -0.39 is 50.9 Å². The van der Waals surface area contributed by atoms with Gasteiger partial charge < -0.3 is 41.4 Å². The van der Waals surface area contributed by atoms with Crippen molar-refractivity contribution in [1.82, 2.24) is 4.98 Å². The molecule has 8 aromatic carbocycles. The predicted molar refractivity (Wildman–Crippen MR) is 218 cm³/mol. The lowest BCUT2D eigenvalue weighted by Gasteiger charge is -2.45. The van der Waals surface area contributed by atoms with Gasteiger partial charge in [-0.1, -0.05) is 17.7 Å². The van der Waals surface area contributed by atoms with Gasteiger partial charge in [-0.3, -0.25) is 14.4 Å². The Labute approximate surface area is 315 Å². The summed E-state index contributed by atoms with van der Waals surface area (Å²) in [6, 6.07) is 8.24. The van der Waals surface area contributed by atoms with Crippen LogP contribution in [0.3, 0.4) is 0 Å². The number of hydrogen-bond acceptors (Lipinski definition) is 10. The molecule has 11 rings (SSSR count). The third-order valence-electron chi connectivity index (χ3n) is 12.4. The van der Waals surface area contributed by atoms with Gasteiger partial charge in [0.05, 0.1) is 27.1 Å². The summed E-state index contributed by atoms with van der Waals surface area (Å²) in [5.74, 6) is -2.42. The highest BCUT2D eigenvalue weighted by Gasteiger charge is 2.43. The number of aromatic hydroxyl groups is 6. The molecule has 9 aromatic rings. The minimum Gasteiger partial charge on any atom is -0.507 e. The van der Waals surface area contributed by atoms with Crippen molar-refractivity contribution >= 4 is 75.4 Å². The first-order chi connectivity index (χ1) is 26.6. The molecule has 0 radical (unpaired) electrons. The molecule has 2 aliphatic rings. The van der Waals surface area contributed by atoms with E-state index in [0.717, 1.165) is 36.2 Å². The van der Waals surface area contributed by atoms with Crippen molar-refractivity contribution in [2.45, 2.75) is 46.1 Å². The average Bonchev–Trinajstić information content (AvgIpc) is 3.10. The molecule has 1 aromatic heterocycles. The molecule has 0 saturated carbocycles. The van der Waals surface area contributed by atoms with Gasteiger partial charge in [-0.25, -0.2) is 0 Å². The van der Waals surface area contributed by atoms with E-state index >= 15 is 0 Å². The van der Waals surface area contributed by atoms with Crippen molar-refractivity contribution in [3.63, 3.8) is 0 Å². The van der Waals surface area contributed by atoms with Crippen molar-refractivity contribution in [2.75, 3.05) is 0 Å². The van der Waals surface area contributed by atoms with E-state index in [4.69, 9.17) is 5.73 Å². The third-order valence-corrected chi connectivity index (χ3v) is 12.4. The number of aromatic amines is 1. The van der Waals surface area contributed by atoms with E-state index in [0.29, 0.717) is 49.4 Å². The maximum atomic E-state index is 13.4. The summed E-state index contributed by atoms with van der Waals surface area (Å²) in [6.45, 7) is 7.66. The Balaban J connectivity index is 0.000000179. The quantitative estimate of drug-likeness (QED) is 0.0448. The van der Waals surface area contributed by atoms with Crippen LogP contribution in [0.1, 0.15) is 42.7 Å². The van der Waals surface area contributed by atoms with Gasteiger partial charge in [0, 0.05) is 72.9 Å². The Kier molecular flexibility index (Phi) is 6.42. The van der Waals surface area contributed by atoms with Crippen LogP contribution in [0.25, 0.3) is 75.4 Å². The number of rotatable bonds is 0. The number of nitrogens with one attached hydrogen (secondary N) is 1. The van der Waals surface area contributed by atoms with Gasteiger partial charge in [0.15, 0.2) is 10.9 Å². The number of aryl methyl sites for hydroxylation is 2. The molecule has 0 spiro atoms. The van der Waals surface area contributed by atoms with Crippen molar-refractivity contribution in [3.05, 3.63) is 113 Å². The molecule has 2 atom stereocenters. The van der Waals surface area contributed by atoms with Gasteiger partial charge in [0.1, 0.15) is 34.5 Å². The lowest BCUT2D eigenvalue weighted by Crippen LogP contribution is -2.48. The fourth-order valence-electron chi connectivity index (χ4n) is 10.6. The summed E-state index contributed by atoms with van der Waals surface area (Å²) < 4.78 is 0. The first-order valence-electron chi connectivity index (χ1n) is 18.2. The number of benzene rings is 8. The zero-order valence-corrected chi connectivity index (χ0v) is 30.6. The first-order valence-corrected chi connectivity index (χ1v) is 18.2. The number of fused-ring (bicyclic) bond motifs is 6.